The number of amides is 1. The first-order chi connectivity index (χ1) is 15.0. The predicted molar refractivity (Wildman–Crippen MR) is 117 cm³/mol. The van der Waals surface area contributed by atoms with Crippen molar-refractivity contribution in [3.05, 3.63) is 82.2 Å². The Labute approximate surface area is 178 Å². The van der Waals surface area contributed by atoms with Gasteiger partial charge in [-0.1, -0.05) is 30.3 Å². The average molecular weight is 419 g/mol. The van der Waals surface area contributed by atoms with E-state index < -0.39 is 5.82 Å². The van der Waals surface area contributed by atoms with E-state index in [1.807, 2.05) is 44.2 Å². The summed E-state index contributed by atoms with van der Waals surface area (Å²) in [7, 11) is 0. The number of nitrogens with zero attached hydrogens (tertiary/aromatic N) is 4. The summed E-state index contributed by atoms with van der Waals surface area (Å²) in [4.78, 5) is 29.9. The second-order valence-corrected chi connectivity index (χ2v) is 7.14. The van der Waals surface area contributed by atoms with Crippen molar-refractivity contribution >= 4 is 22.8 Å². The van der Waals surface area contributed by atoms with Crippen LogP contribution in [0.3, 0.4) is 0 Å². The van der Waals surface area contributed by atoms with Gasteiger partial charge in [0.25, 0.3) is 5.56 Å². The van der Waals surface area contributed by atoms with E-state index >= 15 is 0 Å². The number of aryl methyl sites for hydroxylation is 3. The molecule has 0 unspecified atom stereocenters. The zero-order valence-corrected chi connectivity index (χ0v) is 17.3. The normalized spacial score (nSPS) is 11.1. The molecule has 1 N–H and O–H groups in total. The van der Waals surface area contributed by atoms with Crippen LogP contribution in [0.2, 0.25) is 0 Å². The summed E-state index contributed by atoms with van der Waals surface area (Å²) in [5.74, 6) is -0.890. The summed E-state index contributed by atoms with van der Waals surface area (Å²) in [5.41, 5.74) is 2.91. The van der Waals surface area contributed by atoms with Gasteiger partial charge in [0.1, 0.15) is 17.0 Å². The van der Waals surface area contributed by atoms with Gasteiger partial charge in [-0.05, 0) is 38.1 Å². The molecule has 0 aliphatic heterocycles. The number of halogens is 1. The number of fused-ring (bicyclic) bond motifs is 1. The van der Waals surface area contributed by atoms with Crippen molar-refractivity contribution in [3.8, 4) is 5.69 Å². The molecule has 2 aromatic carbocycles. The third-order valence-corrected chi connectivity index (χ3v) is 5.05. The highest BCUT2D eigenvalue weighted by Crippen LogP contribution is 2.20. The summed E-state index contributed by atoms with van der Waals surface area (Å²) in [6.07, 6.45) is 0.155. The fourth-order valence-corrected chi connectivity index (χ4v) is 3.53. The Morgan fingerprint density at radius 1 is 1.10 bits per heavy atom. The molecule has 2 aromatic heterocycles. The van der Waals surface area contributed by atoms with Crippen LogP contribution in [-0.2, 0) is 17.8 Å². The predicted octanol–water partition coefficient (Wildman–Crippen LogP) is 3.62. The molecule has 1 amide bonds. The molecular formula is C23H22FN5O2. The first kappa shape index (κ1) is 20.5. The van der Waals surface area contributed by atoms with Crippen molar-refractivity contribution in [2.45, 2.75) is 33.2 Å². The molecule has 158 valence electrons. The number of hydrogen-bond acceptors (Lipinski definition) is 4. The Morgan fingerprint density at radius 3 is 2.52 bits per heavy atom. The molecule has 0 saturated carbocycles. The van der Waals surface area contributed by atoms with Crippen molar-refractivity contribution in [1.29, 1.82) is 0 Å². The number of aromatic nitrogens is 4. The second-order valence-electron chi connectivity index (χ2n) is 7.14. The Balaban J connectivity index is 1.66. The Morgan fingerprint density at radius 2 is 1.81 bits per heavy atom. The van der Waals surface area contributed by atoms with E-state index in [4.69, 9.17) is 0 Å². The Kier molecular flexibility index (Phi) is 5.62. The number of benzene rings is 2. The maximum atomic E-state index is 13.7. The van der Waals surface area contributed by atoms with E-state index in [9.17, 15) is 14.0 Å². The second kappa shape index (κ2) is 8.51. The lowest BCUT2D eigenvalue weighted by atomic mass is 10.2. The van der Waals surface area contributed by atoms with Gasteiger partial charge in [0.05, 0.1) is 17.1 Å². The highest BCUT2D eigenvalue weighted by atomic mass is 19.1. The van der Waals surface area contributed by atoms with E-state index in [1.54, 1.807) is 21.4 Å². The SMILES string of the molecule is CCn1c(=O)c(CCC(=O)Nc2ccccc2F)nc2c(C)nn(-c3ccccc3)c21. The van der Waals surface area contributed by atoms with Crippen LogP contribution in [0.1, 0.15) is 24.7 Å². The van der Waals surface area contributed by atoms with E-state index in [0.29, 0.717) is 23.4 Å². The maximum Gasteiger partial charge on any atom is 0.273 e. The number of nitrogens with one attached hydrogen (secondary N) is 1. The zero-order chi connectivity index (χ0) is 22.0. The molecule has 7 nitrogen and oxygen atoms in total. The number of carbonyl (C=O) groups excluding carboxylic acids is 1. The standard InChI is InChI=1S/C23H22FN5O2/c1-3-28-22-21(15(2)27-29(22)16-9-5-4-6-10-16)26-19(23(28)31)13-14-20(30)25-18-12-8-7-11-17(18)24/h4-12H,3,13-14H2,1-2H3,(H,25,30). The summed E-state index contributed by atoms with van der Waals surface area (Å²) in [5, 5.41) is 7.12. The van der Waals surface area contributed by atoms with Gasteiger partial charge in [-0.2, -0.15) is 5.10 Å². The van der Waals surface area contributed by atoms with E-state index in [1.165, 1.54) is 12.1 Å². The fourth-order valence-electron chi connectivity index (χ4n) is 3.53. The third kappa shape index (κ3) is 3.96. The molecule has 31 heavy (non-hydrogen) atoms. The van der Waals surface area contributed by atoms with Crippen molar-refractivity contribution < 1.29 is 9.18 Å². The molecule has 0 spiro atoms. The molecule has 0 saturated heterocycles. The van der Waals surface area contributed by atoms with Crippen LogP contribution in [0.25, 0.3) is 16.9 Å². The summed E-state index contributed by atoms with van der Waals surface area (Å²) in [6.45, 7) is 4.16. The van der Waals surface area contributed by atoms with Gasteiger partial charge in [0, 0.05) is 19.4 Å². The van der Waals surface area contributed by atoms with Crippen molar-refractivity contribution in [3.63, 3.8) is 0 Å². The molecule has 0 radical (unpaired) electrons. The summed E-state index contributed by atoms with van der Waals surface area (Å²) < 4.78 is 17.1. The van der Waals surface area contributed by atoms with Crippen LogP contribution >= 0.6 is 0 Å². The Bertz CT molecular complexity index is 1310. The maximum absolute atomic E-state index is 13.7. The lowest BCUT2D eigenvalue weighted by Gasteiger charge is -2.11. The molecule has 0 atom stereocenters. The van der Waals surface area contributed by atoms with Crippen molar-refractivity contribution in [2.75, 3.05) is 5.32 Å². The molecule has 8 heteroatoms. The first-order valence-corrected chi connectivity index (χ1v) is 10.1. The van der Waals surface area contributed by atoms with Crippen LogP contribution in [0.5, 0.6) is 0 Å². The zero-order valence-electron chi connectivity index (χ0n) is 17.3. The van der Waals surface area contributed by atoms with Gasteiger partial charge < -0.3 is 5.32 Å². The van der Waals surface area contributed by atoms with Gasteiger partial charge in [0.15, 0.2) is 5.65 Å². The van der Waals surface area contributed by atoms with Crippen LogP contribution in [0.4, 0.5) is 10.1 Å². The first-order valence-electron chi connectivity index (χ1n) is 10.1. The van der Waals surface area contributed by atoms with Crippen LogP contribution in [0, 0.1) is 12.7 Å². The van der Waals surface area contributed by atoms with E-state index in [2.05, 4.69) is 15.4 Å². The fraction of sp³-hybridized carbons (Fsp3) is 0.217. The number of anilines is 1. The van der Waals surface area contributed by atoms with E-state index in [-0.39, 0.29) is 35.7 Å². The van der Waals surface area contributed by atoms with Gasteiger partial charge in [-0.25, -0.2) is 14.1 Å². The summed E-state index contributed by atoms with van der Waals surface area (Å²) in [6, 6.07) is 15.5. The van der Waals surface area contributed by atoms with Crippen LogP contribution < -0.4 is 10.9 Å². The summed E-state index contributed by atoms with van der Waals surface area (Å²) >= 11 is 0. The number of carbonyl (C=O) groups is 1. The molecule has 4 rings (SSSR count). The molecule has 2 heterocycles. The number of hydrogen-bond donors (Lipinski definition) is 1. The monoisotopic (exact) mass is 419 g/mol. The molecule has 0 aliphatic carbocycles. The third-order valence-electron chi connectivity index (χ3n) is 5.05. The van der Waals surface area contributed by atoms with Gasteiger partial charge in [-0.15, -0.1) is 0 Å². The van der Waals surface area contributed by atoms with Crippen LogP contribution in [0.15, 0.2) is 59.4 Å². The highest BCUT2D eigenvalue weighted by Gasteiger charge is 2.19. The number of rotatable bonds is 6. The molecular weight excluding hydrogens is 397 g/mol. The largest absolute Gasteiger partial charge is 0.324 e. The molecule has 0 fully saturated rings. The smallest absolute Gasteiger partial charge is 0.273 e. The molecule has 0 bridgehead atoms. The topological polar surface area (TPSA) is 81.8 Å². The van der Waals surface area contributed by atoms with Gasteiger partial charge >= 0.3 is 0 Å². The lowest BCUT2D eigenvalue weighted by molar-refractivity contribution is -0.116. The minimum Gasteiger partial charge on any atom is -0.324 e. The van der Waals surface area contributed by atoms with Gasteiger partial charge in [-0.3, -0.25) is 14.2 Å². The minimum absolute atomic E-state index is 0.0116. The molecule has 4 aromatic rings. The highest BCUT2D eigenvalue weighted by molar-refractivity contribution is 5.91. The van der Waals surface area contributed by atoms with E-state index in [0.717, 1.165) is 5.69 Å². The molecule has 0 aliphatic rings. The van der Waals surface area contributed by atoms with Crippen LogP contribution in [-0.4, -0.2) is 25.2 Å². The number of para-hydroxylation sites is 2. The van der Waals surface area contributed by atoms with Crippen molar-refractivity contribution in [1.82, 2.24) is 19.3 Å². The minimum atomic E-state index is -0.507. The Hall–Kier alpha value is -3.81. The quantitative estimate of drug-likeness (QED) is 0.518. The van der Waals surface area contributed by atoms with Crippen molar-refractivity contribution in [2.24, 2.45) is 0 Å². The van der Waals surface area contributed by atoms with Gasteiger partial charge in [0.2, 0.25) is 5.91 Å². The average Bonchev–Trinajstić information content (AvgIpc) is 3.10. The lowest BCUT2D eigenvalue weighted by Crippen LogP contribution is -2.27.